The Morgan fingerprint density at radius 1 is 1.00 bits per heavy atom. The molecule has 4 heteroatoms. The normalized spacial score (nSPS) is 10.7. The van der Waals surface area contributed by atoms with Crippen LogP contribution in [0.5, 0.6) is 0 Å². The van der Waals surface area contributed by atoms with Crippen molar-refractivity contribution in [3.63, 3.8) is 0 Å². The second-order valence-electron chi connectivity index (χ2n) is 4.32. The molecule has 2 aromatic rings. The fourth-order valence-electron chi connectivity index (χ4n) is 2.16. The number of carbonyl (C=O) groups is 1. The Labute approximate surface area is 130 Å². The van der Waals surface area contributed by atoms with Gasteiger partial charge in [0.15, 0.2) is 0 Å². The topological polar surface area (TPSA) is 20.3 Å². The summed E-state index contributed by atoms with van der Waals surface area (Å²) in [7, 11) is 0. The summed E-state index contributed by atoms with van der Waals surface area (Å²) >= 11 is 7.10. The van der Waals surface area contributed by atoms with Gasteiger partial charge < -0.3 is 0 Å². The van der Waals surface area contributed by atoms with E-state index in [2.05, 4.69) is 80.7 Å². The first-order valence-corrected chi connectivity index (χ1v) is 6.94. The van der Waals surface area contributed by atoms with E-state index in [1.807, 2.05) is 0 Å². The Morgan fingerprint density at radius 2 is 1.45 bits per heavy atom. The van der Waals surface area contributed by atoms with Gasteiger partial charge >= 0.3 is 0 Å². The second kappa shape index (κ2) is 6.68. The second-order valence-corrected chi connectivity index (χ2v) is 5.44. The van der Waals surface area contributed by atoms with Gasteiger partial charge in [-0.05, 0) is 34.8 Å². The number of fused-ring (bicyclic) bond motifs is 3. The van der Waals surface area contributed by atoms with E-state index in [9.17, 15) is 4.79 Å². The number of benzene rings is 2. The number of amides is 1. The molecule has 20 heavy (non-hydrogen) atoms. The van der Waals surface area contributed by atoms with Gasteiger partial charge in [0.25, 0.3) is 5.91 Å². The Morgan fingerprint density at radius 3 is 1.80 bits per heavy atom. The van der Waals surface area contributed by atoms with Crippen LogP contribution in [-0.4, -0.2) is 9.62 Å². The molecule has 1 aliphatic carbocycles. The minimum Gasteiger partial charge on any atom is -0.268 e. The van der Waals surface area contributed by atoms with Crippen molar-refractivity contribution in [3.05, 3.63) is 72.3 Å². The lowest BCUT2D eigenvalue weighted by atomic mass is 10.1. The molecular formula is C16H15NOS2. The van der Waals surface area contributed by atoms with Crippen molar-refractivity contribution < 1.29 is 4.79 Å². The Kier molecular flexibility index (Phi) is 4.93. The van der Waals surface area contributed by atoms with Gasteiger partial charge in [0, 0.05) is 0 Å². The van der Waals surface area contributed by atoms with E-state index in [0.717, 1.165) is 16.2 Å². The number of hydrogen-bond acceptors (Lipinski definition) is 3. The zero-order chi connectivity index (χ0) is 14.5. The largest absolute Gasteiger partial charge is 0.268 e. The minimum absolute atomic E-state index is 0.327. The van der Waals surface area contributed by atoms with E-state index in [4.69, 9.17) is 0 Å². The number of hydrogen-bond donors (Lipinski definition) is 2. The third kappa shape index (κ3) is 3.26. The number of rotatable bonds is 1. The summed E-state index contributed by atoms with van der Waals surface area (Å²) in [6, 6.07) is 17.3. The van der Waals surface area contributed by atoms with Crippen LogP contribution in [0, 0.1) is 0 Å². The molecule has 2 aromatic carbocycles. The first-order valence-electron chi connectivity index (χ1n) is 6.14. The van der Waals surface area contributed by atoms with E-state index in [1.165, 1.54) is 22.3 Å². The maximum Gasteiger partial charge on any atom is 0.265 e. The van der Waals surface area contributed by atoms with Crippen LogP contribution in [0.4, 0.5) is 0 Å². The zero-order valence-corrected chi connectivity index (χ0v) is 12.6. The molecule has 0 aromatic heterocycles. The summed E-state index contributed by atoms with van der Waals surface area (Å²) in [5.41, 5.74) is 5.75. The maximum absolute atomic E-state index is 10.2. The molecule has 0 unspecified atom stereocenters. The van der Waals surface area contributed by atoms with Crippen LogP contribution in [0.3, 0.4) is 0 Å². The molecule has 1 aliphatic rings. The minimum atomic E-state index is -0.327. The Bertz CT molecular complexity index is 594. The third-order valence-corrected chi connectivity index (χ3v) is 3.47. The SMILES string of the molecule is C=CC(=O)N(S)S.c1ccc2c(c1)Cc1ccccc1-2. The van der Waals surface area contributed by atoms with Gasteiger partial charge in [0.2, 0.25) is 0 Å². The molecule has 0 saturated heterocycles. The summed E-state index contributed by atoms with van der Waals surface area (Å²) in [6.07, 6.45) is 2.23. The van der Waals surface area contributed by atoms with E-state index in [-0.39, 0.29) is 5.91 Å². The Balaban J connectivity index is 0.000000182. The van der Waals surface area contributed by atoms with Crippen molar-refractivity contribution >= 4 is 31.5 Å². The zero-order valence-electron chi connectivity index (χ0n) is 10.9. The standard InChI is InChI=1S/C13H10.C3H5NOS2/c1-3-7-12-10(5-1)9-11-6-2-4-8-13(11)12;1-2-3(5)4(6)7/h1-8H,9H2;2,6-7H,1H2. The average molecular weight is 301 g/mol. The number of nitrogens with zero attached hydrogens (tertiary/aromatic N) is 1. The van der Waals surface area contributed by atoms with E-state index >= 15 is 0 Å². The first-order chi connectivity index (χ1) is 9.63. The van der Waals surface area contributed by atoms with Crippen LogP contribution in [0.25, 0.3) is 11.1 Å². The van der Waals surface area contributed by atoms with Crippen LogP contribution in [0.1, 0.15) is 11.1 Å². The fourth-order valence-corrected chi connectivity index (χ4v) is 2.32. The predicted octanol–water partition coefficient (Wildman–Crippen LogP) is 3.95. The molecule has 0 spiro atoms. The van der Waals surface area contributed by atoms with Crippen LogP contribution in [-0.2, 0) is 11.2 Å². The molecular weight excluding hydrogens is 286 g/mol. The highest BCUT2D eigenvalue weighted by Gasteiger charge is 2.15. The van der Waals surface area contributed by atoms with Gasteiger partial charge in [-0.2, -0.15) is 0 Å². The summed E-state index contributed by atoms with van der Waals surface area (Å²) in [6.45, 7) is 3.19. The molecule has 0 radical (unpaired) electrons. The van der Waals surface area contributed by atoms with Crippen LogP contribution in [0.2, 0.25) is 0 Å². The van der Waals surface area contributed by atoms with Gasteiger partial charge in [-0.25, -0.2) is 3.71 Å². The molecule has 1 amide bonds. The fraction of sp³-hybridized carbons (Fsp3) is 0.0625. The molecule has 0 saturated carbocycles. The summed E-state index contributed by atoms with van der Waals surface area (Å²) < 4.78 is 0.854. The highest BCUT2D eigenvalue weighted by atomic mass is 32.2. The third-order valence-electron chi connectivity index (χ3n) is 3.08. The summed E-state index contributed by atoms with van der Waals surface area (Å²) in [4.78, 5) is 10.2. The molecule has 2 nitrogen and oxygen atoms in total. The monoisotopic (exact) mass is 301 g/mol. The molecule has 0 N–H and O–H groups in total. The van der Waals surface area contributed by atoms with Crippen molar-refractivity contribution in [2.75, 3.05) is 0 Å². The highest BCUT2D eigenvalue weighted by Crippen LogP contribution is 2.35. The molecule has 0 bridgehead atoms. The lowest BCUT2D eigenvalue weighted by molar-refractivity contribution is -0.117. The van der Waals surface area contributed by atoms with E-state index in [0.29, 0.717) is 0 Å². The molecule has 0 fully saturated rings. The number of carbonyl (C=O) groups excluding carboxylic acids is 1. The smallest absolute Gasteiger partial charge is 0.265 e. The van der Waals surface area contributed by atoms with Gasteiger partial charge in [0.1, 0.15) is 0 Å². The van der Waals surface area contributed by atoms with Gasteiger partial charge in [-0.1, -0.05) is 80.7 Å². The lowest BCUT2D eigenvalue weighted by Gasteiger charge is -1.99. The highest BCUT2D eigenvalue weighted by molar-refractivity contribution is 7.94. The van der Waals surface area contributed by atoms with Crippen molar-refractivity contribution in [3.8, 4) is 11.1 Å². The van der Waals surface area contributed by atoms with E-state index < -0.39 is 0 Å². The van der Waals surface area contributed by atoms with Crippen LogP contribution in [0.15, 0.2) is 61.2 Å². The van der Waals surface area contributed by atoms with Gasteiger partial charge in [0.05, 0.1) is 0 Å². The number of thiol groups is 2. The molecule has 3 rings (SSSR count). The average Bonchev–Trinajstić information content (AvgIpc) is 2.85. The van der Waals surface area contributed by atoms with Crippen molar-refractivity contribution in [1.82, 2.24) is 3.71 Å². The van der Waals surface area contributed by atoms with Gasteiger partial charge in [-0.15, -0.1) is 0 Å². The lowest BCUT2D eigenvalue weighted by Crippen LogP contribution is -2.05. The van der Waals surface area contributed by atoms with Crippen molar-refractivity contribution in [2.45, 2.75) is 6.42 Å². The van der Waals surface area contributed by atoms with Crippen molar-refractivity contribution in [1.29, 1.82) is 0 Å². The quantitative estimate of drug-likeness (QED) is 0.515. The molecule has 0 heterocycles. The van der Waals surface area contributed by atoms with Crippen LogP contribution >= 0.6 is 25.6 Å². The molecule has 0 aliphatic heterocycles. The van der Waals surface area contributed by atoms with Crippen LogP contribution < -0.4 is 0 Å². The molecule has 102 valence electrons. The Hall–Kier alpha value is -1.65. The predicted molar refractivity (Wildman–Crippen MR) is 89.7 cm³/mol. The van der Waals surface area contributed by atoms with E-state index in [1.54, 1.807) is 0 Å². The van der Waals surface area contributed by atoms with Gasteiger partial charge in [-0.3, -0.25) is 4.79 Å². The van der Waals surface area contributed by atoms with Crippen molar-refractivity contribution in [2.24, 2.45) is 0 Å². The summed E-state index contributed by atoms with van der Waals surface area (Å²) in [5.74, 6) is -0.327. The first kappa shape index (κ1) is 14.8. The summed E-state index contributed by atoms with van der Waals surface area (Å²) in [5, 5.41) is 0. The molecule has 0 atom stereocenters. The maximum atomic E-state index is 10.2.